The number of sulfonamides is 1. The third-order valence-corrected chi connectivity index (χ3v) is 3.48. The maximum Gasteiger partial charge on any atom is 0.471 e. The van der Waals surface area contributed by atoms with Crippen LogP contribution in [0.25, 0.3) is 0 Å². The van der Waals surface area contributed by atoms with E-state index < -0.39 is 22.1 Å². The van der Waals surface area contributed by atoms with E-state index in [1.807, 2.05) is 0 Å². The van der Waals surface area contributed by atoms with Crippen LogP contribution in [-0.2, 0) is 19.6 Å². The monoisotopic (exact) mass is 326 g/mol. The SMILES string of the molecule is COCCS(=O)(=O)Nc1ccc(NC(=O)C(F)(F)F)cc1. The van der Waals surface area contributed by atoms with Gasteiger partial charge in [0.15, 0.2) is 0 Å². The topological polar surface area (TPSA) is 84.5 Å². The van der Waals surface area contributed by atoms with E-state index in [0.717, 1.165) is 12.1 Å². The van der Waals surface area contributed by atoms with Crippen molar-refractivity contribution >= 4 is 27.3 Å². The van der Waals surface area contributed by atoms with Gasteiger partial charge >= 0.3 is 12.1 Å². The highest BCUT2D eigenvalue weighted by atomic mass is 32.2. The molecule has 0 heterocycles. The third kappa shape index (κ3) is 6.00. The van der Waals surface area contributed by atoms with Gasteiger partial charge in [-0.05, 0) is 24.3 Å². The standard InChI is InChI=1S/C11H13F3N2O4S/c1-20-6-7-21(18,19)16-9-4-2-8(3-5-9)15-10(17)11(12,13)14/h2-5,16H,6-7H2,1H3,(H,15,17). The van der Waals surface area contributed by atoms with Crippen LogP contribution in [0.1, 0.15) is 0 Å². The van der Waals surface area contributed by atoms with Gasteiger partial charge in [0.2, 0.25) is 10.0 Å². The van der Waals surface area contributed by atoms with Gasteiger partial charge in [0.25, 0.3) is 0 Å². The molecule has 0 bridgehead atoms. The molecule has 1 aromatic carbocycles. The predicted octanol–water partition coefficient (Wildman–Crippen LogP) is 1.58. The molecule has 6 nitrogen and oxygen atoms in total. The number of benzene rings is 1. The van der Waals surface area contributed by atoms with E-state index >= 15 is 0 Å². The Labute approximate surface area is 119 Å². The van der Waals surface area contributed by atoms with Crippen LogP contribution in [0, 0.1) is 0 Å². The first-order valence-corrected chi connectivity index (χ1v) is 7.27. The lowest BCUT2D eigenvalue weighted by molar-refractivity contribution is -0.167. The number of carbonyl (C=O) groups is 1. The van der Waals surface area contributed by atoms with Crippen molar-refractivity contribution in [2.45, 2.75) is 6.18 Å². The molecule has 0 atom stereocenters. The number of ether oxygens (including phenoxy) is 1. The fraction of sp³-hybridized carbons (Fsp3) is 0.364. The van der Waals surface area contributed by atoms with E-state index in [-0.39, 0.29) is 23.7 Å². The molecule has 0 saturated carbocycles. The number of carbonyl (C=O) groups excluding carboxylic acids is 1. The van der Waals surface area contributed by atoms with Crippen LogP contribution < -0.4 is 10.0 Å². The van der Waals surface area contributed by atoms with Crippen molar-refractivity contribution in [1.29, 1.82) is 0 Å². The van der Waals surface area contributed by atoms with Crippen molar-refractivity contribution in [2.75, 3.05) is 29.5 Å². The molecule has 0 unspecified atom stereocenters. The molecule has 1 amide bonds. The van der Waals surface area contributed by atoms with Gasteiger partial charge in [-0.25, -0.2) is 8.42 Å². The normalized spacial score (nSPS) is 12.0. The maximum absolute atomic E-state index is 12.0. The number of amides is 1. The Morgan fingerprint density at radius 2 is 1.71 bits per heavy atom. The van der Waals surface area contributed by atoms with Crippen LogP contribution >= 0.6 is 0 Å². The first-order chi connectivity index (χ1) is 9.64. The van der Waals surface area contributed by atoms with E-state index in [9.17, 15) is 26.4 Å². The summed E-state index contributed by atoms with van der Waals surface area (Å²) in [4.78, 5) is 10.7. The molecule has 0 aliphatic carbocycles. The van der Waals surface area contributed by atoms with Gasteiger partial charge < -0.3 is 10.1 Å². The second-order valence-corrected chi connectivity index (χ2v) is 5.78. The fourth-order valence-corrected chi connectivity index (χ4v) is 2.23. The van der Waals surface area contributed by atoms with Crippen molar-refractivity contribution in [3.63, 3.8) is 0 Å². The lowest BCUT2D eigenvalue weighted by Gasteiger charge is -2.10. The summed E-state index contributed by atoms with van der Waals surface area (Å²) in [7, 11) is -2.24. The van der Waals surface area contributed by atoms with Crippen LogP contribution in [0.15, 0.2) is 24.3 Å². The van der Waals surface area contributed by atoms with E-state index in [2.05, 4.69) is 9.46 Å². The average Bonchev–Trinajstić information content (AvgIpc) is 2.37. The molecule has 21 heavy (non-hydrogen) atoms. The number of alkyl halides is 3. The van der Waals surface area contributed by atoms with E-state index in [1.54, 1.807) is 5.32 Å². The summed E-state index contributed by atoms with van der Waals surface area (Å²) < 4.78 is 66.1. The molecule has 0 aliphatic rings. The van der Waals surface area contributed by atoms with Crippen molar-refractivity contribution in [3.05, 3.63) is 24.3 Å². The summed E-state index contributed by atoms with van der Waals surface area (Å²) in [6.45, 7) is 0.00899. The van der Waals surface area contributed by atoms with Gasteiger partial charge in [0, 0.05) is 18.5 Å². The Morgan fingerprint density at radius 3 is 2.19 bits per heavy atom. The summed E-state index contributed by atoms with van der Waals surface area (Å²) in [5, 5.41) is 1.65. The number of hydrogen-bond acceptors (Lipinski definition) is 4. The summed E-state index contributed by atoms with van der Waals surface area (Å²) in [5.74, 6) is -2.35. The molecule has 0 saturated heterocycles. The van der Waals surface area contributed by atoms with E-state index in [0.29, 0.717) is 0 Å². The fourth-order valence-electron chi connectivity index (χ4n) is 1.25. The third-order valence-electron chi connectivity index (χ3n) is 2.23. The predicted molar refractivity (Wildman–Crippen MR) is 70.4 cm³/mol. The molecule has 0 aliphatic heterocycles. The highest BCUT2D eigenvalue weighted by Crippen LogP contribution is 2.20. The minimum Gasteiger partial charge on any atom is -0.384 e. The highest BCUT2D eigenvalue weighted by molar-refractivity contribution is 7.92. The number of anilines is 2. The summed E-state index contributed by atoms with van der Waals surface area (Å²) in [6, 6.07) is 4.77. The molecule has 118 valence electrons. The molecule has 0 fully saturated rings. The first kappa shape index (κ1) is 17.2. The Bertz CT molecular complexity index is 584. The zero-order valence-corrected chi connectivity index (χ0v) is 11.7. The zero-order valence-electron chi connectivity index (χ0n) is 10.9. The second kappa shape index (κ2) is 6.76. The summed E-state index contributed by atoms with van der Waals surface area (Å²) in [6.07, 6.45) is -4.99. The van der Waals surface area contributed by atoms with Crippen molar-refractivity contribution in [1.82, 2.24) is 0 Å². The van der Waals surface area contributed by atoms with Crippen LogP contribution in [0.2, 0.25) is 0 Å². The van der Waals surface area contributed by atoms with Gasteiger partial charge in [0.05, 0.1) is 12.4 Å². The quantitative estimate of drug-likeness (QED) is 0.831. The van der Waals surface area contributed by atoms with Crippen molar-refractivity contribution in [3.8, 4) is 0 Å². The molecular weight excluding hydrogens is 313 g/mol. The lowest BCUT2D eigenvalue weighted by Crippen LogP contribution is -2.29. The maximum atomic E-state index is 12.0. The first-order valence-electron chi connectivity index (χ1n) is 5.62. The Kier molecular flexibility index (Phi) is 5.55. The van der Waals surface area contributed by atoms with Gasteiger partial charge in [-0.2, -0.15) is 13.2 Å². The molecule has 10 heteroatoms. The largest absolute Gasteiger partial charge is 0.471 e. The molecule has 0 radical (unpaired) electrons. The van der Waals surface area contributed by atoms with Gasteiger partial charge in [-0.15, -0.1) is 0 Å². The van der Waals surface area contributed by atoms with Gasteiger partial charge in [-0.3, -0.25) is 9.52 Å². The van der Waals surface area contributed by atoms with Gasteiger partial charge in [0.1, 0.15) is 0 Å². The summed E-state index contributed by atoms with van der Waals surface area (Å²) >= 11 is 0. The second-order valence-electron chi connectivity index (χ2n) is 3.94. The van der Waals surface area contributed by atoms with Crippen LogP contribution in [-0.4, -0.2) is 40.0 Å². The number of nitrogens with one attached hydrogen (secondary N) is 2. The number of halogens is 3. The van der Waals surface area contributed by atoms with E-state index in [1.165, 1.54) is 19.2 Å². The minimum atomic E-state index is -4.99. The zero-order chi connectivity index (χ0) is 16.1. The molecular formula is C11H13F3N2O4S. The van der Waals surface area contributed by atoms with Crippen LogP contribution in [0.3, 0.4) is 0 Å². The molecule has 1 rings (SSSR count). The highest BCUT2D eigenvalue weighted by Gasteiger charge is 2.38. The number of methoxy groups -OCH3 is 1. The smallest absolute Gasteiger partial charge is 0.384 e. The molecule has 1 aromatic rings. The van der Waals surface area contributed by atoms with Gasteiger partial charge in [-0.1, -0.05) is 0 Å². The Hall–Kier alpha value is -1.81. The number of rotatable bonds is 6. The van der Waals surface area contributed by atoms with Crippen LogP contribution in [0.4, 0.5) is 24.5 Å². The van der Waals surface area contributed by atoms with E-state index in [4.69, 9.17) is 0 Å². The average molecular weight is 326 g/mol. The molecule has 2 N–H and O–H groups in total. The minimum absolute atomic E-state index is 0.00899. The van der Waals surface area contributed by atoms with Crippen molar-refractivity contribution in [2.24, 2.45) is 0 Å². The molecule has 0 spiro atoms. The molecule has 0 aromatic heterocycles. The Balaban J connectivity index is 2.69. The number of hydrogen-bond donors (Lipinski definition) is 2. The Morgan fingerprint density at radius 1 is 1.19 bits per heavy atom. The summed E-state index contributed by atoms with van der Waals surface area (Å²) in [5.41, 5.74) is 0.0632. The lowest BCUT2D eigenvalue weighted by atomic mass is 10.3. The van der Waals surface area contributed by atoms with Crippen molar-refractivity contribution < 1.29 is 31.1 Å². The van der Waals surface area contributed by atoms with Crippen LogP contribution in [0.5, 0.6) is 0 Å².